The fourth-order valence-corrected chi connectivity index (χ4v) is 2.25. The normalized spacial score (nSPS) is 14.7. The van der Waals surface area contributed by atoms with Crippen LogP contribution in [0.25, 0.3) is 11.3 Å². The molecule has 0 unspecified atom stereocenters. The topological polar surface area (TPSA) is 51.8 Å². The number of nitrogens with zero attached hydrogens (tertiary/aromatic N) is 2. The van der Waals surface area contributed by atoms with Gasteiger partial charge in [0.05, 0.1) is 5.69 Å². The molecule has 1 fully saturated rings. The second kappa shape index (κ2) is 4.34. The lowest BCUT2D eigenvalue weighted by Gasteiger charge is -2.11. The van der Waals surface area contributed by atoms with Gasteiger partial charge in [-0.1, -0.05) is 12.1 Å². The highest BCUT2D eigenvalue weighted by molar-refractivity contribution is 5.68. The van der Waals surface area contributed by atoms with E-state index in [0.29, 0.717) is 11.7 Å². The van der Waals surface area contributed by atoms with E-state index >= 15 is 0 Å². The number of nitrogens with two attached hydrogens (primary N) is 1. The highest BCUT2D eigenvalue weighted by Gasteiger charge is 2.28. The summed E-state index contributed by atoms with van der Waals surface area (Å²) in [5, 5.41) is 0. The zero-order valence-corrected chi connectivity index (χ0v) is 11.7. The zero-order chi connectivity index (χ0) is 13.6. The highest BCUT2D eigenvalue weighted by Crippen LogP contribution is 2.39. The summed E-state index contributed by atoms with van der Waals surface area (Å²) in [6.45, 7) is 6.24. The van der Waals surface area contributed by atoms with Crippen molar-refractivity contribution in [3.63, 3.8) is 0 Å². The second-order valence-corrected chi connectivity index (χ2v) is 5.51. The number of rotatable bonds is 2. The number of nitrogen functional groups attached to an aromatic ring is 1. The molecule has 0 bridgehead atoms. The van der Waals surface area contributed by atoms with E-state index in [-0.39, 0.29) is 0 Å². The number of hydrogen-bond acceptors (Lipinski definition) is 3. The lowest BCUT2D eigenvalue weighted by Crippen LogP contribution is -2.04. The van der Waals surface area contributed by atoms with E-state index in [1.54, 1.807) is 0 Å². The first-order valence-electron chi connectivity index (χ1n) is 6.78. The first-order valence-corrected chi connectivity index (χ1v) is 6.78. The molecule has 0 amide bonds. The molecule has 2 aromatic rings. The first kappa shape index (κ1) is 12.2. The molecule has 3 heteroatoms. The van der Waals surface area contributed by atoms with E-state index in [9.17, 15) is 0 Å². The highest BCUT2D eigenvalue weighted by atomic mass is 15.0. The van der Waals surface area contributed by atoms with Crippen LogP contribution in [0.3, 0.4) is 0 Å². The van der Waals surface area contributed by atoms with E-state index in [1.807, 2.05) is 6.92 Å². The van der Waals surface area contributed by atoms with Gasteiger partial charge in [-0.3, -0.25) is 0 Å². The van der Waals surface area contributed by atoms with Crippen molar-refractivity contribution >= 4 is 5.82 Å². The van der Waals surface area contributed by atoms with Gasteiger partial charge in [0.2, 0.25) is 0 Å². The second-order valence-electron chi connectivity index (χ2n) is 5.51. The van der Waals surface area contributed by atoms with Gasteiger partial charge in [-0.2, -0.15) is 0 Å². The van der Waals surface area contributed by atoms with Crippen molar-refractivity contribution in [2.75, 3.05) is 5.73 Å². The number of aryl methyl sites for hydroxylation is 2. The summed E-state index contributed by atoms with van der Waals surface area (Å²) in [5.41, 5.74) is 11.7. The van der Waals surface area contributed by atoms with Gasteiger partial charge in [-0.25, -0.2) is 9.97 Å². The van der Waals surface area contributed by atoms with Gasteiger partial charge in [0, 0.05) is 17.0 Å². The molecule has 1 saturated carbocycles. The minimum atomic E-state index is 0.521. The number of anilines is 1. The van der Waals surface area contributed by atoms with Gasteiger partial charge in [0.25, 0.3) is 0 Å². The quantitative estimate of drug-likeness (QED) is 0.890. The minimum absolute atomic E-state index is 0.521. The maximum Gasteiger partial charge on any atom is 0.134 e. The molecule has 0 saturated heterocycles. The minimum Gasteiger partial charge on any atom is -0.383 e. The maximum atomic E-state index is 6.04. The number of benzene rings is 1. The fourth-order valence-electron chi connectivity index (χ4n) is 2.25. The van der Waals surface area contributed by atoms with Gasteiger partial charge in [0.1, 0.15) is 11.6 Å². The van der Waals surface area contributed by atoms with Crippen LogP contribution >= 0.6 is 0 Å². The Morgan fingerprint density at radius 3 is 2.42 bits per heavy atom. The van der Waals surface area contributed by atoms with Gasteiger partial charge in [0.15, 0.2) is 0 Å². The summed E-state index contributed by atoms with van der Waals surface area (Å²) in [6, 6.07) is 6.44. The van der Waals surface area contributed by atoms with Crippen LogP contribution in [-0.2, 0) is 0 Å². The third-order valence-electron chi connectivity index (χ3n) is 3.92. The Morgan fingerprint density at radius 2 is 1.79 bits per heavy atom. The Balaban J connectivity index is 2.14. The third-order valence-corrected chi connectivity index (χ3v) is 3.92. The van der Waals surface area contributed by atoms with Crippen LogP contribution in [0.5, 0.6) is 0 Å². The van der Waals surface area contributed by atoms with E-state index in [2.05, 4.69) is 37.0 Å². The van der Waals surface area contributed by atoms with Gasteiger partial charge in [-0.05, 0) is 50.8 Å². The maximum absolute atomic E-state index is 6.04. The largest absolute Gasteiger partial charge is 0.383 e. The summed E-state index contributed by atoms with van der Waals surface area (Å²) in [4.78, 5) is 9.17. The Kier molecular flexibility index (Phi) is 2.77. The summed E-state index contributed by atoms with van der Waals surface area (Å²) in [7, 11) is 0. The average Bonchev–Trinajstić information content (AvgIpc) is 3.20. The molecular weight excluding hydrogens is 234 g/mol. The Bertz CT molecular complexity index is 643. The Labute approximate surface area is 113 Å². The molecule has 0 spiro atoms. The molecule has 2 N–H and O–H groups in total. The van der Waals surface area contributed by atoms with Crippen molar-refractivity contribution in [3.05, 3.63) is 40.7 Å². The monoisotopic (exact) mass is 253 g/mol. The average molecular weight is 253 g/mol. The number of aromatic nitrogens is 2. The van der Waals surface area contributed by atoms with Crippen LogP contribution in [0.2, 0.25) is 0 Å². The van der Waals surface area contributed by atoms with Gasteiger partial charge in [-0.15, -0.1) is 0 Å². The Morgan fingerprint density at radius 1 is 1.05 bits per heavy atom. The third kappa shape index (κ3) is 2.21. The van der Waals surface area contributed by atoms with Crippen molar-refractivity contribution in [3.8, 4) is 11.3 Å². The molecular formula is C16H19N3. The molecule has 19 heavy (non-hydrogen) atoms. The van der Waals surface area contributed by atoms with Crippen LogP contribution in [0.4, 0.5) is 5.82 Å². The molecule has 98 valence electrons. The number of hydrogen-bond donors (Lipinski definition) is 1. The molecule has 1 heterocycles. The SMILES string of the molecule is Cc1ccc(-c2nc(C3CC3)nc(N)c2C)cc1C. The van der Waals surface area contributed by atoms with Crippen molar-refractivity contribution in [1.82, 2.24) is 9.97 Å². The molecule has 3 rings (SSSR count). The molecule has 1 aliphatic rings. The smallest absolute Gasteiger partial charge is 0.134 e. The van der Waals surface area contributed by atoms with E-state index < -0.39 is 0 Å². The van der Waals surface area contributed by atoms with Gasteiger partial charge >= 0.3 is 0 Å². The zero-order valence-electron chi connectivity index (χ0n) is 11.7. The van der Waals surface area contributed by atoms with E-state index in [1.165, 1.54) is 24.0 Å². The Hall–Kier alpha value is -1.90. The van der Waals surface area contributed by atoms with Crippen LogP contribution in [-0.4, -0.2) is 9.97 Å². The fraction of sp³-hybridized carbons (Fsp3) is 0.375. The van der Waals surface area contributed by atoms with Crippen molar-refractivity contribution < 1.29 is 0 Å². The van der Waals surface area contributed by atoms with E-state index in [0.717, 1.165) is 22.6 Å². The van der Waals surface area contributed by atoms with Crippen LogP contribution in [0, 0.1) is 20.8 Å². The molecule has 0 radical (unpaired) electrons. The standard InChI is InChI=1S/C16H19N3/c1-9-4-5-13(8-10(9)2)14-11(3)15(17)19-16(18-14)12-6-7-12/h4-5,8,12H,6-7H2,1-3H3,(H2,17,18,19). The lowest BCUT2D eigenvalue weighted by molar-refractivity contribution is 0.928. The molecule has 1 aliphatic carbocycles. The van der Waals surface area contributed by atoms with Crippen molar-refractivity contribution in [1.29, 1.82) is 0 Å². The molecule has 1 aromatic carbocycles. The van der Waals surface area contributed by atoms with Crippen molar-refractivity contribution in [2.24, 2.45) is 0 Å². The summed E-state index contributed by atoms with van der Waals surface area (Å²) in [6.07, 6.45) is 2.38. The summed E-state index contributed by atoms with van der Waals surface area (Å²) >= 11 is 0. The van der Waals surface area contributed by atoms with Crippen LogP contribution < -0.4 is 5.73 Å². The predicted molar refractivity (Wildman–Crippen MR) is 78.1 cm³/mol. The summed E-state index contributed by atoms with van der Waals surface area (Å²) in [5.74, 6) is 2.05. The molecule has 0 aliphatic heterocycles. The van der Waals surface area contributed by atoms with Crippen LogP contribution in [0.1, 0.15) is 41.3 Å². The summed E-state index contributed by atoms with van der Waals surface area (Å²) < 4.78 is 0. The molecule has 1 aromatic heterocycles. The molecule has 0 atom stereocenters. The van der Waals surface area contributed by atoms with Crippen LogP contribution in [0.15, 0.2) is 18.2 Å². The predicted octanol–water partition coefficient (Wildman–Crippen LogP) is 3.53. The van der Waals surface area contributed by atoms with Crippen molar-refractivity contribution in [2.45, 2.75) is 39.5 Å². The lowest BCUT2D eigenvalue weighted by atomic mass is 10.0. The first-order chi connectivity index (χ1) is 9.06. The van der Waals surface area contributed by atoms with Gasteiger partial charge < -0.3 is 5.73 Å². The molecule has 3 nitrogen and oxygen atoms in total. The van der Waals surface area contributed by atoms with E-state index in [4.69, 9.17) is 10.7 Å².